The maximum atomic E-state index is 12.3. The van der Waals surface area contributed by atoms with Gasteiger partial charge in [-0.1, -0.05) is 6.92 Å². The molecular weight excluding hydrogens is 250 g/mol. The highest BCUT2D eigenvalue weighted by atomic mass is 32.2. The van der Waals surface area contributed by atoms with E-state index in [1.165, 1.54) is 0 Å². The van der Waals surface area contributed by atoms with Crippen LogP contribution in [0.25, 0.3) is 0 Å². The van der Waals surface area contributed by atoms with Gasteiger partial charge in [-0.05, 0) is 45.3 Å². The van der Waals surface area contributed by atoms with Gasteiger partial charge in [0, 0.05) is 19.1 Å². The summed E-state index contributed by atoms with van der Waals surface area (Å²) in [6.45, 7) is 5.60. The fraction of sp³-hybridized carbons (Fsp3) is 1.00. The van der Waals surface area contributed by atoms with Gasteiger partial charge in [0.2, 0.25) is 10.0 Å². The summed E-state index contributed by atoms with van der Waals surface area (Å²) in [4.78, 5) is 2.26. The Morgan fingerprint density at radius 1 is 1.33 bits per heavy atom. The molecule has 6 heteroatoms. The molecule has 2 heterocycles. The Kier molecular flexibility index (Phi) is 4.64. The number of hydrogen-bond donors (Lipinski definition) is 2. The molecule has 2 aliphatic rings. The summed E-state index contributed by atoms with van der Waals surface area (Å²) in [5.74, 6) is 0.384. The second-order valence-electron chi connectivity index (χ2n) is 5.77. The number of nitrogens with one attached hydrogen (secondary N) is 2. The molecule has 2 aliphatic heterocycles. The largest absolute Gasteiger partial charge is 0.315 e. The Balaban J connectivity index is 1.94. The Hall–Kier alpha value is -0.170. The third-order valence-electron chi connectivity index (χ3n) is 4.11. The van der Waals surface area contributed by atoms with E-state index >= 15 is 0 Å². The van der Waals surface area contributed by atoms with Gasteiger partial charge in [0.1, 0.15) is 0 Å². The van der Waals surface area contributed by atoms with E-state index in [2.05, 4.69) is 28.9 Å². The van der Waals surface area contributed by atoms with Crippen molar-refractivity contribution in [2.45, 2.75) is 37.5 Å². The highest BCUT2D eigenvalue weighted by molar-refractivity contribution is 7.90. The molecule has 0 spiro atoms. The minimum Gasteiger partial charge on any atom is -0.315 e. The van der Waals surface area contributed by atoms with Gasteiger partial charge in [-0.15, -0.1) is 0 Å². The van der Waals surface area contributed by atoms with Crippen LogP contribution in [0.2, 0.25) is 0 Å². The van der Waals surface area contributed by atoms with E-state index in [1.54, 1.807) is 0 Å². The summed E-state index contributed by atoms with van der Waals surface area (Å²) >= 11 is 0. The van der Waals surface area contributed by atoms with Crippen LogP contribution >= 0.6 is 0 Å². The number of piperidine rings is 2. The molecule has 2 fully saturated rings. The monoisotopic (exact) mass is 275 g/mol. The van der Waals surface area contributed by atoms with E-state index in [0.717, 1.165) is 38.9 Å². The molecule has 0 radical (unpaired) electrons. The first kappa shape index (κ1) is 14.2. The average molecular weight is 275 g/mol. The lowest BCUT2D eigenvalue weighted by atomic mass is 9.95. The van der Waals surface area contributed by atoms with Crippen molar-refractivity contribution in [3.05, 3.63) is 0 Å². The van der Waals surface area contributed by atoms with Gasteiger partial charge in [0.15, 0.2) is 0 Å². The SMILES string of the molecule is CC1CN(C)CCC1NS(=O)(=O)C1CCCNC1. The standard InChI is InChI=1S/C12H25N3O2S/c1-10-9-15(2)7-5-12(10)14-18(16,17)11-4-3-6-13-8-11/h10-14H,3-9H2,1-2H3. The molecule has 0 aromatic heterocycles. The molecule has 18 heavy (non-hydrogen) atoms. The van der Waals surface area contributed by atoms with Gasteiger partial charge in [-0.2, -0.15) is 0 Å². The van der Waals surface area contributed by atoms with Gasteiger partial charge < -0.3 is 10.2 Å². The molecule has 106 valence electrons. The lowest BCUT2D eigenvalue weighted by molar-refractivity contribution is 0.188. The zero-order chi connectivity index (χ0) is 13.2. The van der Waals surface area contributed by atoms with Crippen molar-refractivity contribution in [2.24, 2.45) is 5.92 Å². The summed E-state index contributed by atoms with van der Waals surface area (Å²) in [6, 6.07) is 0.105. The van der Waals surface area contributed by atoms with Crippen molar-refractivity contribution in [2.75, 3.05) is 33.2 Å². The van der Waals surface area contributed by atoms with Crippen LogP contribution in [-0.2, 0) is 10.0 Å². The van der Waals surface area contributed by atoms with Gasteiger partial charge >= 0.3 is 0 Å². The molecule has 5 nitrogen and oxygen atoms in total. The summed E-state index contributed by atoms with van der Waals surface area (Å²) in [5.41, 5.74) is 0. The fourth-order valence-electron chi connectivity index (χ4n) is 2.92. The predicted molar refractivity (Wildman–Crippen MR) is 73.0 cm³/mol. The molecule has 0 aliphatic carbocycles. The third kappa shape index (κ3) is 3.44. The zero-order valence-corrected chi connectivity index (χ0v) is 12.2. The maximum absolute atomic E-state index is 12.3. The molecule has 2 N–H and O–H groups in total. The van der Waals surface area contributed by atoms with Crippen molar-refractivity contribution in [1.29, 1.82) is 0 Å². The summed E-state index contributed by atoms with van der Waals surface area (Å²) < 4.78 is 27.6. The lowest BCUT2D eigenvalue weighted by Gasteiger charge is -2.36. The second-order valence-corrected chi connectivity index (χ2v) is 7.76. The number of nitrogens with zero attached hydrogens (tertiary/aromatic N) is 1. The summed E-state index contributed by atoms with van der Waals surface area (Å²) in [6.07, 6.45) is 2.65. The molecule has 0 aromatic carbocycles. The van der Waals surface area contributed by atoms with Gasteiger partial charge in [0.05, 0.1) is 5.25 Å². The van der Waals surface area contributed by atoms with Gasteiger partial charge in [0.25, 0.3) is 0 Å². The van der Waals surface area contributed by atoms with Crippen molar-refractivity contribution >= 4 is 10.0 Å². The molecule has 3 atom stereocenters. The Labute approximate surface area is 110 Å². The zero-order valence-electron chi connectivity index (χ0n) is 11.4. The number of hydrogen-bond acceptors (Lipinski definition) is 4. The van der Waals surface area contributed by atoms with E-state index in [4.69, 9.17) is 0 Å². The lowest BCUT2D eigenvalue weighted by Crippen LogP contribution is -2.53. The molecule has 0 aromatic rings. The number of rotatable bonds is 3. The Bertz CT molecular complexity index is 366. The first-order chi connectivity index (χ1) is 8.49. The van der Waals surface area contributed by atoms with Crippen LogP contribution in [0.4, 0.5) is 0 Å². The van der Waals surface area contributed by atoms with E-state index in [0.29, 0.717) is 12.5 Å². The van der Waals surface area contributed by atoms with E-state index in [-0.39, 0.29) is 11.3 Å². The van der Waals surface area contributed by atoms with Crippen molar-refractivity contribution in [1.82, 2.24) is 14.9 Å². The number of likely N-dealkylation sites (tertiary alicyclic amines) is 1. The smallest absolute Gasteiger partial charge is 0.215 e. The maximum Gasteiger partial charge on any atom is 0.215 e. The highest BCUT2D eigenvalue weighted by Crippen LogP contribution is 2.18. The topological polar surface area (TPSA) is 61.4 Å². The first-order valence-corrected chi connectivity index (χ1v) is 8.44. The van der Waals surface area contributed by atoms with Crippen LogP contribution < -0.4 is 10.0 Å². The molecule has 0 amide bonds. The second kappa shape index (κ2) is 5.86. The van der Waals surface area contributed by atoms with Crippen molar-refractivity contribution in [3.8, 4) is 0 Å². The fourth-order valence-corrected chi connectivity index (χ4v) is 4.70. The van der Waals surface area contributed by atoms with Crippen LogP contribution in [0.15, 0.2) is 0 Å². The molecule has 3 unspecified atom stereocenters. The average Bonchev–Trinajstić information content (AvgIpc) is 2.34. The quantitative estimate of drug-likeness (QED) is 0.761. The number of sulfonamides is 1. The van der Waals surface area contributed by atoms with E-state index < -0.39 is 10.0 Å². The van der Waals surface area contributed by atoms with Crippen LogP contribution in [0, 0.1) is 5.92 Å². The van der Waals surface area contributed by atoms with E-state index in [1.807, 2.05) is 0 Å². The normalized spacial score (nSPS) is 35.6. The third-order valence-corrected chi connectivity index (χ3v) is 6.03. The molecule has 2 saturated heterocycles. The van der Waals surface area contributed by atoms with Gasteiger partial charge in [-0.25, -0.2) is 13.1 Å². The predicted octanol–water partition coefficient (Wildman–Crippen LogP) is -0.00200. The van der Waals surface area contributed by atoms with Crippen LogP contribution in [0.1, 0.15) is 26.2 Å². The molecule has 0 bridgehead atoms. The molecule has 2 rings (SSSR count). The summed E-state index contributed by atoms with van der Waals surface area (Å²) in [7, 11) is -1.07. The Morgan fingerprint density at radius 2 is 2.11 bits per heavy atom. The molecular formula is C12H25N3O2S. The van der Waals surface area contributed by atoms with Gasteiger partial charge in [-0.3, -0.25) is 0 Å². The van der Waals surface area contributed by atoms with Crippen LogP contribution in [-0.4, -0.2) is 57.8 Å². The first-order valence-electron chi connectivity index (χ1n) is 6.89. The highest BCUT2D eigenvalue weighted by Gasteiger charge is 2.32. The van der Waals surface area contributed by atoms with Crippen molar-refractivity contribution in [3.63, 3.8) is 0 Å². The van der Waals surface area contributed by atoms with E-state index in [9.17, 15) is 8.42 Å². The van der Waals surface area contributed by atoms with Crippen molar-refractivity contribution < 1.29 is 8.42 Å². The summed E-state index contributed by atoms with van der Waals surface area (Å²) in [5, 5.41) is 2.92. The van der Waals surface area contributed by atoms with Crippen LogP contribution in [0.3, 0.4) is 0 Å². The van der Waals surface area contributed by atoms with Crippen LogP contribution in [0.5, 0.6) is 0 Å². The Morgan fingerprint density at radius 3 is 2.72 bits per heavy atom. The minimum absolute atomic E-state index is 0.105. The molecule has 0 saturated carbocycles. The minimum atomic E-state index is -3.16.